The number of nitrogens with zero attached hydrogens (tertiary/aromatic N) is 1. The van der Waals surface area contributed by atoms with E-state index in [1.807, 2.05) is 0 Å². The molecule has 7 nitrogen and oxygen atoms in total. The van der Waals surface area contributed by atoms with Crippen molar-refractivity contribution >= 4 is 44.9 Å². The lowest BCUT2D eigenvalue weighted by molar-refractivity contribution is -0.114. The van der Waals surface area contributed by atoms with E-state index >= 15 is 0 Å². The quantitative estimate of drug-likeness (QED) is 0.689. The number of esters is 1. The van der Waals surface area contributed by atoms with Gasteiger partial charge in [-0.15, -0.1) is 0 Å². The van der Waals surface area contributed by atoms with Gasteiger partial charge >= 0.3 is 5.97 Å². The number of benzene rings is 2. The van der Waals surface area contributed by atoms with Gasteiger partial charge in [0.05, 0.1) is 24.1 Å². The number of halogens is 1. The third-order valence-corrected chi connectivity index (χ3v) is 5.16. The maximum atomic E-state index is 12.4. The van der Waals surface area contributed by atoms with Gasteiger partial charge in [0, 0.05) is 10.7 Å². The van der Waals surface area contributed by atoms with Crippen LogP contribution in [0.5, 0.6) is 0 Å². The van der Waals surface area contributed by atoms with E-state index in [-0.39, 0.29) is 6.61 Å². The van der Waals surface area contributed by atoms with Crippen molar-refractivity contribution in [3.63, 3.8) is 0 Å². The number of hydrogen-bond acceptors (Lipinski definition) is 5. The molecule has 28 heavy (non-hydrogen) atoms. The zero-order valence-electron chi connectivity index (χ0n) is 15.7. The van der Waals surface area contributed by atoms with Crippen molar-refractivity contribution in [3.05, 3.63) is 58.6 Å². The Hall–Kier alpha value is -2.58. The number of amides is 1. The molecular weight excluding hydrogens is 404 g/mol. The van der Waals surface area contributed by atoms with Crippen LogP contribution in [0.15, 0.2) is 42.5 Å². The number of sulfonamides is 1. The van der Waals surface area contributed by atoms with Crippen LogP contribution in [0.1, 0.15) is 22.8 Å². The fourth-order valence-corrected chi connectivity index (χ4v) is 3.66. The van der Waals surface area contributed by atoms with Gasteiger partial charge in [0.15, 0.2) is 0 Å². The highest BCUT2D eigenvalue weighted by molar-refractivity contribution is 7.92. The Morgan fingerprint density at radius 1 is 1.14 bits per heavy atom. The molecule has 0 fully saturated rings. The molecule has 1 N–H and O–H groups in total. The standard InChI is InChI=1S/C19H21ClN2O5S/c1-4-27-19(24)14-5-8-16(9-6-14)21-18(23)12-22(28(3,25)26)17-10-7-15(20)11-13(17)2/h5-11H,4,12H2,1-3H3,(H,21,23). The van der Waals surface area contributed by atoms with Gasteiger partial charge in [0.1, 0.15) is 6.54 Å². The summed E-state index contributed by atoms with van der Waals surface area (Å²) in [4.78, 5) is 24.1. The average molecular weight is 425 g/mol. The minimum absolute atomic E-state index is 0.267. The Bertz CT molecular complexity index is 974. The Balaban J connectivity index is 2.15. The fraction of sp³-hybridized carbons (Fsp3) is 0.263. The Kier molecular flexibility index (Phi) is 7.04. The van der Waals surface area contributed by atoms with E-state index in [2.05, 4.69) is 5.32 Å². The summed E-state index contributed by atoms with van der Waals surface area (Å²) in [7, 11) is -3.70. The van der Waals surface area contributed by atoms with Crippen LogP contribution in [0.3, 0.4) is 0 Å². The summed E-state index contributed by atoms with van der Waals surface area (Å²) in [6, 6.07) is 10.9. The van der Waals surface area contributed by atoms with Crippen molar-refractivity contribution in [1.29, 1.82) is 0 Å². The van der Waals surface area contributed by atoms with E-state index < -0.39 is 28.4 Å². The van der Waals surface area contributed by atoms with Crippen molar-refractivity contribution in [3.8, 4) is 0 Å². The first-order chi connectivity index (χ1) is 13.1. The summed E-state index contributed by atoms with van der Waals surface area (Å²) in [6.07, 6.45) is 1.03. The molecule has 9 heteroatoms. The van der Waals surface area contributed by atoms with E-state index in [9.17, 15) is 18.0 Å². The third kappa shape index (κ3) is 5.71. The smallest absolute Gasteiger partial charge is 0.338 e. The van der Waals surface area contributed by atoms with Gasteiger partial charge in [-0.2, -0.15) is 0 Å². The Labute approximate surface area is 169 Å². The lowest BCUT2D eigenvalue weighted by atomic mass is 10.2. The molecule has 0 atom stereocenters. The van der Waals surface area contributed by atoms with E-state index in [0.717, 1.165) is 10.6 Å². The molecule has 0 aliphatic carbocycles. The van der Waals surface area contributed by atoms with Crippen LogP contribution < -0.4 is 9.62 Å². The first-order valence-corrected chi connectivity index (χ1v) is 10.7. The van der Waals surface area contributed by atoms with Crippen molar-refractivity contribution in [2.45, 2.75) is 13.8 Å². The highest BCUT2D eigenvalue weighted by Gasteiger charge is 2.22. The molecule has 0 spiro atoms. The number of anilines is 2. The van der Waals surface area contributed by atoms with Crippen molar-refractivity contribution in [2.75, 3.05) is 29.0 Å². The van der Waals surface area contributed by atoms with E-state index in [1.165, 1.54) is 12.1 Å². The number of nitrogens with one attached hydrogen (secondary N) is 1. The highest BCUT2D eigenvalue weighted by Crippen LogP contribution is 2.25. The second-order valence-corrected chi connectivity index (χ2v) is 8.39. The largest absolute Gasteiger partial charge is 0.462 e. The summed E-state index contributed by atoms with van der Waals surface area (Å²) >= 11 is 5.92. The molecule has 0 saturated carbocycles. The maximum Gasteiger partial charge on any atom is 0.338 e. The fourth-order valence-electron chi connectivity index (χ4n) is 2.51. The summed E-state index contributed by atoms with van der Waals surface area (Å²) in [6.45, 7) is 3.29. The molecule has 1 amide bonds. The van der Waals surface area contributed by atoms with E-state index in [1.54, 1.807) is 44.2 Å². The molecule has 0 aliphatic rings. The normalized spacial score (nSPS) is 11.0. The Morgan fingerprint density at radius 3 is 2.32 bits per heavy atom. The summed E-state index contributed by atoms with van der Waals surface area (Å²) in [5, 5.41) is 3.09. The molecule has 2 rings (SSSR count). The second kappa shape index (κ2) is 9.07. The number of aryl methyl sites for hydroxylation is 1. The van der Waals surface area contributed by atoms with Gasteiger partial charge in [-0.25, -0.2) is 13.2 Å². The van der Waals surface area contributed by atoms with Crippen molar-refractivity contribution in [2.24, 2.45) is 0 Å². The van der Waals surface area contributed by atoms with Gasteiger partial charge in [-0.05, 0) is 61.9 Å². The molecule has 0 aliphatic heterocycles. The average Bonchev–Trinajstić information content (AvgIpc) is 2.60. The minimum Gasteiger partial charge on any atom is -0.462 e. The zero-order chi connectivity index (χ0) is 20.9. The molecule has 0 saturated heterocycles. The molecule has 2 aromatic rings. The first kappa shape index (κ1) is 21.7. The van der Waals surface area contributed by atoms with Crippen molar-refractivity contribution in [1.82, 2.24) is 0 Å². The van der Waals surface area contributed by atoms with Crippen LogP contribution in [0, 0.1) is 6.92 Å². The molecule has 0 radical (unpaired) electrons. The maximum absolute atomic E-state index is 12.4. The second-order valence-electron chi connectivity index (χ2n) is 6.05. The van der Waals surface area contributed by atoms with Crippen molar-refractivity contribution < 1.29 is 22.7 Å². The minimum atomic E-state index is -3.70. The van der Waals surface area contributed by atoms with Gasteiger partial charge < -0.3 is 10.1 Å². The Morgan fingerprint density at radius 2 is 1.79 bits per heavy atom. The topological polar surface area (TPSA) is 92.8 Å². The van der Waals surface area contributed by atoms with Crippen LogP contribution in [-0.2, 0) is 19.6 Å². The zero-order valence-corrected chi connectivity index (χ0v) is 17.3. The number of hydrogen-bond donors (Lipinski definition) is 1. The van der Waals surface area contributed by atoms with Crippen LogP contribution in [0.4, 0.5) is 11.4 Å². The molecule has 0 heterocycles. The lowest BCUT2D eigenvalue weighted by Crippen LogP contribution is -2.37. The SMILES string of the molecule is CCOC(=O)c1ccc(NC(=O)CN(c2ccc(Cl)cc2C)S(C)(=O)=O)cc1. The van der Waals surface area contributed by atoms with Gasteiger partial charge in [-0.1, -0.05) is 11.6 Å². The molecule has 0 bridgehead atoms. The van der Waals surface area contributed by atoms with Crippen LogP contribution in [-0.4, -0.2) is 39.7 Å². The van der Waals surface area contributed by atoms with Gasteiger partial charge in [-0.3, -0.25) is 9.10 Å². The molecule has 2 aromatic carbocycles. The predicted octanol–water partition coefficient (Wildman–Crippen LogP) is 3.23. The summed E-state index contributed by atoms with van der Waals surface area (Å²) in [5.74, 6) is -0.981. The monoisotopic (exact) mass is 424 g/mol. The van der Waals surface area contributed by atoms with E-state index in [4.69, 9.17) is 16.3 Å². The number of carbonyl (C=O) groups excluding carboxylic acids is 2. The lowest BCUT2D eigenvalue weighted by Gasteiger charge is -2.23. The molecule has 0 unspecified atom stereocenters. The predicted molar refractivity (Wildman–Crippen MR) is 109 cm³/mol. The van der Waals surface area contributed by atoms with Gasteiger partial charge in [0.2, 0.25) is 15.9 Å². The molecule has 0 aromatic heterocycles. The number of ether oxygens (including phenoxy) is 1. The van der Waals surface area contributed by atoms with Crippen LogP contribution in [0.2, 0.25) is 5.02 Å². The highest BCUT2D eigenvalue weighted by atomic mass is 35.5. The van der Waals surface area contributed by atoms with E-state index in [0.29, 0.717) is 27.5 Å². The van der Waals surface area contributed by atoms with Gasteiger partial charge in [0.25, 0.3) is 0 Å². The number of rotatable bonds is 7. The summed E-state index contributed by atoms with van der Waals surface area (Å²) in [5.41, 5.74) is 1.79. The first-order valence-electron chi connectivity index (χ1n) is 8.42. The number of carbonyl (C=O) groups is 2. The van der Waals surface area contributed by atoms with Crippen LogP contribution >= 0.6 is 11.6 Å². The third-order valence-electron chi connectivity index (χ3n) is 3.79. The molecule has 150 valence electrons. The van der Waals surface area contributed by atoms with Crippen LogP contribution in [0.25, 0.3) is 0 Å². The molecular formula is C19H21ClN2O5S. The summed E-state index contributed by atoms with van der Waals surface area (Å²) < 4.78 is 30.3.